The van der Waals surface area contributed by atoms with Gasteiger partial charge in [-0.2, -0.15) is 0 Å². The van der Waals surface area contributed by atoms with Crippen LogP contribution in [0.3, 0.4) is 0 Å². The van der Waals surface area contributed by atoms with Crippen molar-refractivity contribution in [1.82, 2.24) is 9.13 Å². The summed E-state index contributed by atoms with van der Waals surface area (Å²) in [5.74, 6) is -0.929. The molecule has 1 N–H and O–H groups in total. The molecule has 5 heteroatoms. The minimum Gasteiger partial charge on any atom is -0.478 e. The van der Waals surface area contributed by atoms with Crippen molar-refractivity contribution in [2.24, 2.45) is 0 Å². The molecule has 5 nitrogen and oxygen atoms in total. The molecule has 0 amide bonds. The van der Waals surface area contributed by atoms with Gasteiger partial charge in [-0.3, -0.25) is 9.13 Å². The van der Waals surface area contributed by atoms with Gasteiger partial charge < -0.3 is 5.11 Å². The summed E-state index contributed by atoms with van der Waals surface area (Å²) in [6, 6.07) is 15.3. The summed E-state index contributed by atoms with van der Waals surface area (Å²) < 4.78 is 4.04. The van der Waals surface area contributed by atoms with E-state index in [1.165, 1.54) is 19.3 Å². The van der Waals surface area contributed by atoms with E-state index in [0.29, 0.717) is 23.7 Å². The van der Waals surface area contributed by atoms with Gasteiger partial charge in [0.2, 0.25) is 0 Å². The lowest BCUT2D eigenvalue weighted by atomic mass is 9.95. The van der Waals surface area contributed by atoms with E-state index in [2.05, 4.69) is 18.4 Å². The number of unbranched alkanes of at least 4 members (excludes halogenated alkanes) is 1. The van der Waals surface area contributed by atoms with Gasteiger partial charge in [-0.05, 0) is 55.4 Å². The molecule has 0 saturated heterocycles. The van der Waals surface area contributed by atoms with E-state index in [4.69, 9.17) is 0 Å². The predicted octanol–water partition coefficient (Wildman–Crippen LogP) is 6.22. The number of benzene rings is 2. The first-order chi connectivity index (χ1) is 16.0. The van der Waals surface area contributed by atoms with Crippen LogP contribution in [0, 0.1) is 6.92 Å². The maximum absolute atomic E-state index is 13.5. The first kappa shape index (κ1) is 23.1. The fourth-order valence-electron chi connectivity index (χ4n) is 5.21. The molecule has 174 valence electrons. The van der Waals surface area contributed by atoms with E-state index in [9.17, 15) is 14.7 Å². The number of carbonyl (C=O) groups is 1. The molecule has 33 heavy (non-hydrogen) atoms. The lowest BCUT2D eigenvalue weighted by Crippen LogP contribution is -2.29. The van der Waals surface area contributed by atoms with Crippen molar-refractivity contribution in [3.63, 3.8) is 0 Å². The highest BCUT2D eigenvalue weighted by Crippen LogP contribution is 2.30. The van der Waals surface area contributed by atoms with E-state index in [-0.39, 0.29) is 5.69 Å². The van der Waals surface area contributed by atoms with Crippen LogP contribution in [0.4, 0.5) is 0 Å². The normalized spacial score (nSPS) is 14.5. The number of hydrogen-bond acceptors (Lipinski definition) is 2. The maximum Gasteiger partial charge on any atom is 0.336 e. The molecular weight excluding hydrogens is 412 g/mol. The lowest BCUT2D eigenvalue weighted by Gasteiger charge is -2.23. The Kier molecular flexibility index (Phi) is 7.17. The molecule has 0 radical (unpaired) electrons. The maximum atomic E-state index is 13.5. The standard InChI is InChI=1S/C28H34N2O3/c1-3-4-14-26-20(2)30(23-10-6-5-7-11-23)28(33)29(26)19-21-15-17-22(18-16-21)24-12-8-9-13-25(24)27(31)32/h8-9,12-13,15-18,23H,3-7,10-11,14,19H2,1-2H3,(H,31,32). The molecule has 1 aliphatic carbocycles. The summed E-state index contributed by atoms with van der Waals surface area (Å²) in [6.45, 7) is 4.84. The Balaban J connectivity index is 1.66. The van der Waals surface area contributed by atoms with Gasteiger partial charge in [0.05, 0.1) is 12.1 Å². The van der Waals surface area contributed by atoms with Crippen molar-refractivity contribution < 1.29 is 9.90 Å². The number of nitrogens with zero attached hydrogens (tertiary/aromatic N) is 2. The summed E-state index contributed by atoms with van der Waals surface area (Å²) in [6.07, 6.45) is 8.94. The van der Waals surface area contributed by atoms with E-state index < -0.39 is 5.97 Å². The SMILES string of the molecule is CCCCc1c(C)n(C2CCCCC2)c(=O)n1Cc1ccc(-c2ccccc2C(=O)O)cc1. The minimum atomic E-state index is -0.929. The number of aromatic nitrogens is 2. The number of carboxylic acid groups (broad SMARTS) is 1. The third-order valence-electron chi connectivity index (χ3n) is 7.01. The minimum absolute atomic E-state index is 0.116. The van der Waals surface area contributed by atoms with Crippen molar-refractivity contribution in [2.75, 3.05) is 0 Å². The molecule has 1 aromatic heterocycles. The Bertz CT molecular complexity index is 1160. The van der Waals surface area contributed by atoms with Crippen LogP contribution >= 0.6 is 0 Å². The molecule has 2 aromatic carbocycles. The average Bonchev–Trinajstić information content (AvgIpc) is 3.07. The van der Waals surface area contributed by atoms with Gasteiger partial charge in [0.25, 0.3) is 0 Å². The molecule has 0 unspecified atom stereocenters. The number of aromatic carboxylic acids is 1. The van der Waals surface area contributed by atoms with Gasteiger partial charge in [-0.15, -0.1) is 0 Å². The summed E-state index contributed by atoms with van der Waals surface area (Å²) >= 11 is 0. The van der Waals surface area contributed by atoms with E-state index >= 15 is 0 Å². The second-order valence-corrected chi connectivity index (χ2v) is 9.21. The molecule has 3 aromatic rings. The third-order valence-corrected chi connectivity index (χ3v) is 7.01. The van der Waals surface area contributed by atoms with E-state index in [1.807, 2.05) is 41.0 Å². The summed E-state index contributed by atoms with van der Waals surface area (Å²) in [5, 5.41) is 9.50. The third kappa shape index (κ3) is 4.82. The van der Waals surface area contributed by atoms with Crippen LogP contribution in [0.5, 0.6) is 0 Å². The molecule has 1 saturated carbocycles. The van der Waals surface area contributed by atoms with Gasteiger partial charge in [0, 0.05) is 17.4 Å². The second-order valence-electron chi connectivity index (χ2n) is 9.21. The van der Waals surface area contributed by atoms with Crippen LogP contribution in [0.15, 0.2) is 53.3 Å². The van der Waals surface area contributed by atoms with Gasteiger partial charge in [0.1, 0.15) is 0 Å². The molecule has 0 atom stereocenters. The fraction of sp³-hybridized carbons (Fsp3) is 0.429. The van der Waals surface area contributed by atoms with E-state index in [0.717, 1.165) is 54.6 Å². The first-order valence-corrected chi connectivity index (χ1v) is 12.2. The summed E-state index contributed by atoms with van der Waals surface area (Å²) in [4.78, 5) is 25.1. The van der Waals surface area contributed by atoms with Crippen LogP contribution in [-0.2, 0) is 13.0 Å². The molecular formula is C28H34N2O3. The Morgan fingerprint density at radius 3 is 2.39 bits per heavy atom. The zero-order valence-corrected chi connectivity index (χ0v) is 19.7. The van der Waals surface area contributed by atoms with Gasteiger partial charge in [-0.25, -0.2) is 9.59 Å². The largest absolute Gasteiger partial charge is 0.478 e. The number of carboxylic acids is 1. The molecule has 1 aliphatic rings. The average molecular weight is 447 g/mol. The first-order valence-electron chi connectivity index (χ1n) is 12.2. The van der Waals surface area contributed by atoms with Crippen molar-refractivity contribution in [2.45, 2.75) is 77.8 Å². The smallest absolute Gasteiger partial charge is 0.336 e. The fourth-order valence-corrected chi connectivity index (χ4v) is 5.21. The van der Waals surface area contributed by atoms with Crippen LogP contribution < -0.4 is 5.69 Å². The Labute approximate surface area is 195 Å². The molecule has 4 rings (SSSR count). The van der Waals surface area contributed by atoms with Crippen LogP contribution in [0.2, 0.25) is 0 Å². The number of hydrogen-bond donors (Lipinski definition) is 1. The number of imidazole rings is 1. The zero-order chi connectivity index (χ0) is 23.4. The Morgan fingerprint density at radius 2 is 1.73 bits per heavy atom. The van der Waals surface area contributed by atoms with E-state index in [1.54, 1.807) is 12.1 Å². The van der Waals surface area contributed by atoms with Crippen LogP contribution in [0.25, 0.3) is 11.1 Å². The van der Waals surface area contributed by atoms with Crippen molar-refractivity contribution in [3.05, 3.63) is 81.5 Å². The molecule has 0 bridgehead atoms. The lowest BCUT2D eigenvalue weighted by molar-refractivity contribution is 0.0697. The highest BCUT2D eigenvalue weighted by atomic mass is 16.4. The van der Waals surface area contributed by atoms with Gasteiger partial charge in [-0.1, -0.05) is 75.1 Å². The summed E-state index contributed by atoms with van der Waals surface area (Å²) in [5.41, 5.74) is 5.32. The number of rotatable bonds is 8. The van der Waals surface area contributed by atoms with Crippen LogP contribution in [0.1, 0.15) is 85.2 Å². The van der Waals surface area contributed by atoms with Crippen LogP contribution in [-0.4, -0.2) is 20.2 Å². The van der Waals surface area contributed by atoms with Gasteiger partial charge in [0.15, 0.2) is 0 Å². The molecule has 1 fully saturated rings. The quantitative estimate of drug-likeness (QED) is 0.447. The topological polar surface area (TPSA) is 64.2 Å². The zero-order valence-electron chi connectivity index (χ0n) is 19.7. The molecule has 0 aliphatic heterocycles. The molecule has 0 spiro atoms. The second kappa shape index (κ2) is 10.2. The predicted molar refractivity (Wildman–Crippen MR) is 132 cm³/mol. The monoisotopic (exact) mass is 446 g/mol. The van der Waals surface area contributed by atoms with Gasteiger partial charge >= 0.3 is 11.7 Å². The summed E-state index contributed by atoms with van der Waals surface area (Å²) in [7, 11) is 0. The Hall–Kier alpha value is -3.08. The van der Waals surface area contributed by atoms with Crippen molar-refractivity contribution >= 4 is 5.97 Å². The highest BCUT2D eigenvalue weighted by molar-refractivity contribution is 5.95. The highest BCUT2D eigenvalue weighted by Gasteiger charge is 2.24. The van der Waals surface area contributed by atoms with Crippen molar-refractivity contribution in [1.29, 1.82) is 0 Å². The van der Waals surface area contributed by atoms with Crippen molar-refractivity contribution in [3.8, 4) is 11.1 Å². The molecule has 1 heterocycles. The Morgan fingerprint density at radius 1 is 1.03 bits per heavy atom.